The standard InChI is InChI=1S/C14H13BrClOP/c1-18(2,17)12-6-3-10(4-7-12)11-5-8-13(15)14(16)9-11/h3-9H,1-2H3. The van der Waals surface area contributed by atoms with Crippen LogP contribution in [0.1, 0.15) is 0 Å². The fourth-order valence-corrected chi connectivity index (χ4v) is 2.98. The molecule has 0 fully saturated rings. The minimum atomic E-state index is -2.18. The predicted octanol–water partition coefficient (Wildman–Crippen LogP) is 5.02. The molecule has 0 unspecified atom stereocenters. The van der Waals surface area contributed by atoms with Crippen LogP contribution in [-0.4, -0.2) is 13.3 Å². The van der Waals surface area contributed by atoms with Crippen LogP contribution in [-0.2, 0) is 4.57 Å². The van der Waals surface area contributed by atoms with E-state index in [9.17, 15) is 4.57 Å². The summed E-state index contributed by atoms with van der Waals surface area (Å²) in [5, 5.41) is 1.59. The fourth-order valence-electron chi connectivity index (χ4n) is 1.69. The first-order chi connectivity index (χ1) is 8.38. The summed E-state index contributed by atoms with van der Waals surface area (Å²) in [6.07, 6.45) is 0. The molecule has 0 aliphatic carbocycles. The van der Waals surface area contributed by atoms with Crippen LogP contribution in [0.4, 0.5) is 0 Å². The lowest BCUT2D eigenvalue weighted by Gasteiger charge is -2.08. The molecule has 0 aliphatic heterocycles. The third kappa shape index (κ3) is 3.06. The second-order valence-electron chi connectivity index (χ2n) is 4.53. The molecule has 0 amide bonds. The Morgan fingerprint density at radius 3 is 2.06 bits per heavy atom. The molecule has 0 aromatic heterocycles. The van der Waals surface area contributed by atoms with Crippen LogP contribution < -0.4 is 5.30 Å². The Morgan fingerprint density at radius 1 is 1.00 bits per heavy atom. The molecule has 94 valence electrons. The Labute approximate surface area is 121 Å². The van der Waals surface area contributed by atoms with Gasteiger partial charge in [0.05, 0.1) is 5.02 Å². The van der Waals surface area contributed by atoms with Crippen molar-refractivity contribution in [1.82, 2.24) is 0 Å². The van der Waals surface area contributed by atoms with E-state index in [2.05, 4.69) is 15.9 Å². The van der Waals surface area contributed by atoms with Crippen LogP contribution in [0.2, 0.25) is 5.02 Å². The molecule has 2 aromatic carbocycles. The van der Waals surface area contributed by atoms with E-state index in [-0.39, 0.29) is 0 Å². The van der Waals surface area contributed by atoms with Gasteiger partial charge in [-0.1, -0.05) is 41.9 Å². The van der Waals surface area contributed by atoms with Gasteiger partial charge in [-0.25, -0.2) is 0 Å². The van der Waals surface area contributed by atoms with E-state index in [1.165, 1.54) is 0 Å². The van der Waals surface area contributed by atoms with Gasteiger partial charge < -0.3 is 4.57 Å². The number of benzene rings is 2. The van der Waals surface area contributed by atoms with Crippen LogP contribution in [0.3, 0.4) is 0 Å². The molecular weight excluding hydrogens is 330 g/mol. The van der Waals surface area contributed by atoms with E-state index in [0.29, 0.717) is 5.02 Å². The lowest BCUT2D eigenvalue weighted by Crippen LogP contribution is -2.01. The summed E-state index contributed by atoms with van der Waals surface area (Å²) in [5.41, 5.74) is 2.12. The first-order valence-corrected chi connectivity index (χ1v) is 9.26. The molecule has 2 rings (SSSR count). The lowest BCUT2D eigenvalue weighted by atomic mass is 10.1. The van der Waals surface area contributed by atoms with Crippen LogP contribution in [0.5, 0.6) is 0 Å². The quantitative estimate of drug-likeness (QED) is 0.700. The van der Waals surface area contributed by atoms with Crippen LogP contribution in [0.15, 0.2) is 46.9 Å². The molecule has 0 saturated heterocycles. The van der Waals surface area contributed by atoms with Crippen molar-refractivity contribution in [2.24, 2.45) is 0 Å². The Kier molecular flexibility index (Phi) is 4.01. The molecule has 0 N–H and O–H groups in total. The summed E-state index contributed by atoms with van der Waals surface area (Å²) in [4.78, 5) is 0. The van der Waals surface area contributed by atoms with Gasteiger partial charge in [-0.05, 0) is 52.5 Å². The lowest BCUT2D eigenvalue weighted by molar-refractivity contribution is 0.588. The highest BCUT2D eigenvalue weighted by Crippen LogP contribution is 2.35. The average Bonchev–Trinajstić information content (AvgIpc) is 2.32. The third-order valence-electron chi connectivity index (χ3n) is 2.74. The maximum atomic E-state index is 11.9. The first kappa shape index (κ1) is 13.9. The summed E-state index contributed by atoms with van der Waals surface area (Å²) >= 11 is 9.45. The normalized spacial score (nSPS) is 11.6. The van der Waals surface area contributed by atoms with E-state index in [1.807, 2.05) is 42.5 Å². The van der Waals surface area contributed by atoms with Crippen LogP contribution in [0.25, 0.3) is 11.1 Å². The van der Waals surface area contributed by atoms with Gasteiger partial charge in [0.1, 0.15) is 7.14 Å². The van der Waals surface area contributed by atoms with Gasteiger partial charge in [0.25, 0.3) is 0 Å². The van der Waals surface area contributed by atoms with Crippen molar-refractivity contribution < 1.29 is 4.57 Å². The molecule has 4 heteroatoms. The van der Waals surface area contributed by atoms with Gasteiger partial charge in [0.2, 0.25) is 0 Å². The summed E-state index contributed by atoms with van der Waals surface area (Å²) in [6.45, 7) is 3.55. The number of hydrogen-bond acceptors (Lipinski definition) is 1. The smallest absolute Gasteiger partial charge is 0.109 e. The molecule has 1 nitrogen and oxygen atoms in total. The van der Waals surface area contributed by atoms with Crippen LogP contribution >= 0.6 is 34.7 Å². The second kappa shape index (κ2) is 5.21. The molecule has 18 heavy (non-hydrogen) atoms. The maximum Gasteiger partial charge on any atom is 0.109 e. The van der Waals surface area contributed by atoms with E-state index in [0.717, 1.165) is 20.9 Å². The summed E-state index contributed by atoms with van der Waals surface area (Å²) in [6, 6.07) is 13.7. The highest BCUT2D eigenvalue weighted by atomic mass is 79.9. The van der Waals surface area contributed by atoms with Gasteiger partial charge in [0, 0.05) is 9.78 Å². The summed E-state index contributed by atoms with van der Waals surface area (Å²) < 4.78 is 12.8. The molecule has 0 bridgehead atoms. The van der Waals surface area contributed by atoms with Gasteiger partial charge >= 0.3 is 0 Å². The van der Waals surface area contributed by atoms with E-state index < -0.39 is 7.14 Å². The zero-order chi connectivity index (χ0) is 13.3. The highest BCUT2D eigenvalue weighted by Gasteiger charge is 2.10. The van der Waals surface area contributed by atoms with Crippen molar-refractivity contribution in [2.75, 3.05) is 13.3 Å². The number of halogens is 2. The van der Waals surface area contributed by atoms with Crippen molar-refractivity contribution in [2.45, 2.75) is 0 Å². The first-order valence-electron chi connectivity index (χ1n) is 5.49. The van der Waals surface area contributed by atoms with Gasteiger partial charge in [0.15, 0.2) is 0 Å². The Balaban J connectivity index is 2.40. The number of rotatable bonds is 2. The molecule has 0 spiro atoms. The van der Waals surface area contributed by atoms with Crippen LogP contribution in [0, 0.1) is 0 Å². The summed E-state index contributed by atoms with van der Waals surface area (Å²) in [7, 11) is -2.18. The fraction of sp³-hybridized carbons (Fsp3) is 0.143. The molecule has 0 atom stereocenters. The van der Waals surface area contributed by atoms with E-state index in [4.69, 9.17) is 11.6 Å². The van der Waals surface area contributed by atoms with E-state index in [1.54, 1.807) is 13.3 Å². The SMILES string of the molecule is CP(C)(=O)c1ccc(-c2ccc(Br)c(Cl)c2)cc1. The zero-order valence-electron chi connectivity index (χ0n) is 10.2. The van der Waals surface area contributed by atoms with E-state index >= 15 is 0 Å². The molecule has 0 radical (unpaired) electrons. The maximum absolute atomic E-state index is 11.9. The predicted molar refractivity (Wildman–Crippen MR) is 83.7 cm³/mol. The zero-order valence-corrected chi connectivity index (χ0v) is 13.4. The van der Waals surface area contributed by atoms with Crippen molar-refractivity contribution in [3.63, 3.8) is 0 Å². The second-order valence-corrected chi connectivity index (χ2v) is 9.01. The number of hydrogen-bond donors (Lipinski definition) is 0. The highest BCUT2D eigenvalue weighted by molar-refractivity contribution is 9.10. The topological polar surface area (TPSA) is 17.1 Å². The molecular formula is C14H13BrClOP. The Morgan fingerprint density at radius 2 is 1.56 bits per heavy atom. The Bertz CT molecular complexity index is 616. The average molecular weight is 344 g/mol. The van der Waals surface area contributed by atoms with Gasteiger partial charge in [-0.3, -0.25) is 0 Å². The molecule has 0 saturated carbocycles. The third-order valence-corrected chi connectivity index (χ3v) is 5.52. The monoisotopic (exact) mass is 342 g/mol. The Hall–Kier alpha value is -0.560. The van der Waals surface area contributed by atoms with Crippen molar-refractivity contribution in [3.8, 4) is 11.1 Å². The van der Waals surface area contributed by atoms with Gasteiger partial charge in [-0.2, -0.15) is 0 Å². The largest absolute Gasteiger partial charge is 0.319 e. The van der Waals surface area contributed by atoms with Crippen molar-refractivity contribution in [3.05, 3.63) is 52.0 Å². The van der Waals surface area contributed by atoms with Gasteiger partial charge in [-0.15, -0.1) is 0 Å². The molecule has 0 aliphatic rings. The molecule has 0 heterocycles. The minimum absolute atomic E-state index is 0.688. The van der Waals surface area contributed by atoms with Crippen molar-refractivity contribution >= 4 is 40.0 Å². The molecule has 2 aromatic rings. The summed E-state index contributed by atoms with van der Waals surface area (Å²) in [5.74, 6) is 0. The minimum Gasteiger partial charge on any atom is -0.319 e. The van der Waals surface area contributed by atoms with Crippen molar-refractivity contribution in [1.29, 1.82) is 0 Å².